The molecule has 1 unspecified atom stereocenters. The standard InChI is InChI=1S/C19H21F3N4O2S/c1-4-29(27)26(16-7-8-17(20)13(2)9-16)11-15-6-5-14(10-24-15)19(25-23-3)28-12-18(21)22/h5-10,18H,3-4,11-12H2,1-2H3/b25-19-. The monoisotopic (exact) mass is 426 g/mol. The van der Waals surface area contributed by atoms with Crippen molar-refractivity contribution < 1.29 is 22.1 Å². The van der Waals surface area contributed by atoms with Crippen LogP contribution in [-0.4, -0.2) is 40.6 Å². The predicted molar refractivity (Wildman–Crippen MR) is 108 cm³/mol. The van der Waals surface area contributed by atoms with E-state index >= 15 is 0 Å². The van der Waals surface area contributed by atoms with Crippen LogP contribution in [0.25, 0.3) is 0 Å². The molecule has 0 radical (unpaired) electrons. The summed E-state index contributed by atoms with van der Waals surface area (Å²) in [5.74, 6) is -0.0926. The molecule has 0 saturated heterocycles. The molecule has 6 nitrogen and oxygen atoms in total. The molecule has 2 aromatic rings. The van der Waals surface area contributed by atoms with E-state index in [-0.39, 0.29) is 18.3 Å². The van der Waals surface area contributed by atoms with Gasteiger partial charge < -0.3 is 4.74 Å². The first-order valence-corrected chi connectivity index (χ1v) is 9.95. The average Bonchev–Trinajstić information content (AvgIpc) is 2.71. The molecule has 0 amide bonds. The van der Waals surface area contributed by atoms with Gasteiger partial charge in [0.1, 0.15) is 16.8 Å². The highest BCUT2D eigenvalue weighted by molar-refractivity contribution is 7.86. The second-order valence-corrected chi connectivity index (χ2v) is 7.53. The maximum Gasteiger partial charge on any atom is 0.272 e. The van der Waals surface area contributed by atoms with Crippen LogP contribution in [-0.2, 0) is 22.3 Å². The fourth-order valence-electron chi connectivity index (χ4n) is 2.39. The van der Waals surface area contributed by atoms with Crippen LogP contribution in [0, 0.1) is 12.7 Å². The van der Waals surface area contributed by atoms with E-state index in [0.29, 0.717) is 28.3 Å². The Hall–Kier alpha value is -2.75. The summed E-state index contributed by atoms with van der Waals surface area (Å²) in [4.78, 5) is 4.27. The Balaban J connectivity index is 2.24. The van der Waals surface area contributed by atoms with Gasteiger partial charge in [0.25, 0.3) is 6.43 Å². The van der Waals surface area contributed by atoms with Gasteiger partial charge in [0, 0.05) is 18.7 Å². The third-order valence-electron chi connectivity index (χ3n) is 3.81. The lowest BCUT2D eigenvalue weighted by atomic mass is 10.2. The normalized spacial score (nSPS) is 12.7. The summed E-state index contributed by atoms with van der Waals surface area (Å²) in [6.07, 6.45) is -1.26. The van der Waals surface area contributed by atoms with Crippen LogP contribution in [0.5, 0.6) is 0 Å². The Labute approximate surface area is 169 Å². The predicted octanol–water partition coefficient (Wildman–Crippen LogP) is 3.86. The van der Waals surface area contributed by atoms with Gasteiger partial charge in [-0.05, 0) is 42.8 Å². The first-order valence-electron chi connectivity index (χ1n) is 8.67. The van der Waals surface area contributed by atoms with Crippen molar-refractivity contribution in [3.63, 3.8) is 0 Å². The van der Waals surface area contributed by atoms with E-state index in [2.05, 4.69) is 21.9 Å². The van der Waals surface area contributed by atoms with E-state index in [0.717, 1.165) is 0 Å². The number of nitrogens with zero attached hydrogens (tertiary/aromatic N) is 4. The molecule has 156 valence electrons. The van der Waals surface area contributed by atoms with Crippen molar-refractivity contribution in [1.82, 2.24) is 4.98 Å². The van der Waals surface area contributed by atoms with Crippen molar-refractivity contribution in [2.75, 3.05) is 16.7 Å². The maximum absolute atomic E-state index is 13.6. The number of aromatic nitrogens is 1. The van der Waals surface area contributed by atoms with E-state index in [1.165, 1.54) is 12.3 Å². The molecule has 1 aromatic carbocycles. The third kappa shape index (κ3) is 6.38. The van der Waals surface area contributed by atoms with Crippen molar-refractivity contribution >= 4 is 29.3 Å². The van der Waals surface area contributed by atoms with Crippen LogP contribution in [0.3, 0.4) is 0 Å². The molecule has 0 aliphatic rings. The second kappa shape index (κ2) is 10.7. The van der Waals surface area contributed by atoms with Gasteiger partial charge in [0.05, 0.1) is 23.5 Å². The van der Waals surface area contributed by atoms with Gasteiger partial charge in [-0.3, -0.25) is 9.29 Å². The number of pyridine rings is 1. The number of alkyl halides is 2. The molecule has 0 bridgehead atoms. The molecule has 1 aromatic heterocycles. The largest absolute Gasteiger partial charge is 0.470 e. The van der Waals surface area contributed by atoms with E-state index in [1.54, 1.807) is 42.4 Å². The van der Waals surface area contributed by atoms with Crippen LogP contribution in [0.4, 0.5) is 18.9 Å². The zero-order valence-corrected chi connectivity index (χ0v) is 16.8. The lowest BCUT2D eigenvalue weighted by Crippen LogP contribution is -2.27. The Morgan fingerprint density at radius 3 is 2.66 bits per heavy atom. The molecule has 0 aliphatic carbocycles. The van der Waals surface area contributed by atoms with Crippen LogP contribution in [0.15, 0.2) is 46.7 Å². The molecule has 0 fully saturated rings. The summed E-state index contributed by atoms with van der Waals surface area (Å²) in [6, 6.07) is 7.72. The van der Waals surface area contributed by atoms with Crippen LogP contribution >= 0.6 is 0 Å². The Kier molecular flexibility index (Phi) is 8.32. The number of aryl methyl sites for hydroxylation is 1. The summed E-state index contributed by atoms with van der Waals surface area (Å²) in [7, 11) is -1.34. The molecule has 0 saturated carbocycles. The van der Waals surface area contributed by atoms with Crippen molar-refractivity contribution in [1.29, 1.82) is 0 Å². The van der Waals surface area contributed by atoms with Gasteiger partial charge >= 0.3 is 0 Å². The SMILES string of the molecule is C=N/N=C(\OCC(F)F)c1ccc(CN(c2ccc(F)c(C)c2)S(=O)CC)nc1. The Morgan fingerprint density at radius 1 is 1.34 bits per heavy atom. The number of hydrogen-bond acceptors (Lipinski definition) is 5. The Morgan fingerprint density at radius 2 is 2.10 bits per heavy atom. The third-order valence-corrected chi connectivity index (χ3v) is 5.13. The summed E-state index contributed by atoms with van der Waals surface area (Å²) < 4.78 is 57.4. The lowest BCUT2D eigenvalue weighted by Gasteiger charge is -2.23. The van der Waals surface area contributed by atoms with Crippen LogP contribution in [0.2, 0.25) is 0 Å². The zero-order valence-electron chi connectivity index (χ0n) is 16.0. The zero-order chi connectivity index (χ0) is 21.4. The molecular weight excluding hydrogens is 405 g/mol. The number of halogens is 3. The highest BCUT2D eigenvalue weighted by atomic mass is 32.2. The highest BCUT2D eigenvalue weighted by Gasteiger charge is 2.16. The fraction of sp³-hybridized carbons (Fsp3) is 0.316. The first-order chi connectivity index (χ1) is 13.8. The Bertz CT molecular complexity index is 892. The van der Waals surface area contributed by atoms with Gasteiger partial charge in [-0.15, -0.1) is 5.10 Å². The van der Waals surface area contributed by atoms with Crippen molar-refractivity contribution in [3.05, 3.63) is 59.2 Å². The van der Waals surface area contributed by atoms with E-state index < -0.39 is 24.0 Å². The topological polar surface area (TPSA) is 67.2 Å². The highest BCUT2D eigenvalue weighted by Crippen LogP contribution is 2.22. The van der Waals surface area contributed by atoms with Crippen molar-refractivity contribution in [2.24, 2.45) is 10.2 Å². The quantitative estimate of drug-likeness (QED) is 0.347. The average molecular weight is 426 g/mol. The van der Waals surface area contributed by atoms with E-state index in [9.17, 15) is 17.4 Å². The maximum atomic E-state index is 13.6. The number of anilines is 1. The number of rotatable bonds is 9. The van der Waals surface area contributed by atoms with Crippen LogP contribution < -0.4 is 4.31 Å². The minimum Gasteiger partial charge on any atom is -0.470 e. The number of hydrogen-bond donors (Lipinski definition) is 0. The second-order valence-electron chi connectivity index (χ2n) is 5.87. The van der Waals surface area contributed by atoms with Crippen LogP contribution in [0.1, 0.15) is 23.7 Å². The summed E-state index contributed by atoms with van der Waals surface area (Å²) >= 11 is 0. The smallest absolute Gasteiger partial charge is 0.272 e. The molecule has 0 aliphatic heterocycles. The molecule has 29 heavy (non-hydrogen) atoms. The molecule has 10 heteroatoms. The van der Waals surface area contributed by atoms with Gasteiger partial charge in [-0.1, -0.05) is 6.92 Å². The van der Waals surface area contributed by atoms with Gasteiger partial charge in [0.2, 0.25) is 5.90 Å². The summed E-state index contributed by atoms with van der Waals surface area (Å²) in [5, 5.41) is 6.92. The molecular formula is C19H21F3N4O2S. The number of benzene rings is 1. The summed E-state index contributed by atoms with van der Waals surface area (Å²) in [6.45, 7) is 5.98. The first kappa shape index (κ1) is 22.5. The van der Waals surface area contributed by atoms with E-state index in [1.807, 2.05) is 0 Å². The molecule has 0 N–H and O–H groups in total. The van der Waals surface area contributed by atoms with Gasteiger partial charge in [-0.2, -0.15) is 5.10 Å². The summed E-state index contributed by atoms with van der Waals surface area (Å²) in [5.41, 5.74) is 1.96. The minimum atomic E-state index is -2.66. The van der Waals surface area contributed by atoms with E-state index in [4.69, 9.17) is 4.74 Å². The van der Waals surface area contributed by atoms with Crippen molar-refractivity contribution in [3.8, 4) is 0 Å². The number of ether oxygens (including phenoxy) is 1. The van der Waals surface area contributed by atoms with Gasteiger partial charge in [-0.25, -0.2) is 17.4 Å². The molecule has 1 atom stereocenters. The minimum absolute atomic E-state index is 0.123. The molecule has 1 heterocycles. The van der Waals surface area contributed by atoms with Gasteiger partial charge in [0.15, 0.2) is 6.61 Å². The molecule has 2 rings (SSSR count). The lowest BCUT2D eigenvalue weighted by molar-refractivity contribution is 0.0765. The van der Waals surface area contributed by atoms with Crippen molar-refractivity contribution in [2.45, 2.75) is 26.8 Å². The fourth-order valence-corrected chi connectivity index (χ4v) is 3.33. The molecule has 0 spiro atoms.